The van der Waals surface area contributed by atoms with Crippen LogP contribution in [-0.2, 0) is 17.8 Å². The van der Waals surface area contributed by atoms with Crippen LogP contribution in [-0.4, -0.2) is 39.8 Å². The lowest BCUT2D eigenvalue weighted by molar-refractivity contribution is -0.117. The normalized spacial score (nSPS) is 16.7. The highest BCUT2D eigenvalue weighted by atomic mass is 35.5. The lowest BCUT2D eigenvalue weighted by Gasteiger charge is -2.19. The van der Waals surface area contributed by atoms with Crippen molar-refractivity contribution in [3.63, 3.8) is 0 Å². The number of nitrogens with zero attached hydrogens (tertiary/aromatic N) is 3. The Kier molecular flexibility index (Phi) is 6.75. The number of carbonyl (C=O) groups is 1. The number of fused-ring (bicyclic) bond motifs is 1. The third-order valence-electron chi connectivity index (χ3n) is 6.48. The Morgan fingerprint density at radius 2 is 1.83 bits per heavy atom. The Balaban J connectivity index is 1.36. The van der Waals surface area contributed by atoms with Gasteiger partial charge < -0.3 is 19.3 Å². The molecule has 1 saturated heterocycles. The molecule has 4 aromatic rings. The quantitative estimate of drug-likeness (QED) is 0.369. The summed E-state index contributed by atoms with van der Waals surface area (Å²) >= 11 is 5.93. The number of benzene rings is 3. The molecule has 1 N–H and O–H groups in total. The van der Waals surface area contributed by atoms with E-state index in [0.29, 0.717) is 30.3 Å². The number of carbonyl (C=O) groups excluding carboxylic acids is 1. The number of imidazole rings is 1. The van der Waals surface area contributed by atoms with E-state index in [-0.39, 0.29) is 18.4 Å². The Labute approximate surface area is 209 Å². The summed E-state index contributed by atoms with van der Waals surface area (Å²) in [5.41, 5.74) is 3.94. The van der Waals surface area contributed by atoms with Crippen LogP contribution in [0.4, 0.5) is 5.69 Å². The van der Waals surface area contributed by atoms with Gasteiger partial charge >= 0.3 is 0 Å². The van der Waals surface area contributed by atoms with E-state index >= 15 is 0 Å². The van der Waals surface area contributed by atoms with Gasteiger partial charge in [0.2, 0.25) is 5.91 Å². The van der Waals surface area contributed by atoms with Crippen molar-refractivity contribution in [3.05, 3.63) is 89.2 Å². The predicted octanol–water partition coefficient (Wildman–Crippen LogP) is 5.21. The molecule has 1 aromatic heterocycles. The SMILES string of the molecule is CCc1ccc(N2C[C@@H](c3nc4ccccc4n3C[C@@H](O)COc3ccc(Cl)cc3)CC2=O)cc1. The zero-order valence-electron chi connectivity index (χ0n) is 19.6. The number of aliphatic hydroxyl groups is 1. The summed E-state index contributed by atoms with van der Waals surface area (Å²) in [6.07, 6.45) is 0.595. The third-order valence-corrected chi connectivity index (χ3v) is 6.73. The average Bonchev–Trinajstić information content (AvgIpc) is 3.44. The molecule has 1 aliphatic rings. The molecular weight excluding hydrogens is 462 g/mol. The molecule has 0 aliphatic carbocycles. The Morgan fingerprint density at radius 3 is 2.57 bits per heavy atom. The molecule has 0 bridgehead atoms. The van der Waals surface area contributed by atoms with Crippen molar-refractivity contribution in [1.29, 1.82) is 0 Å². The molecule has 6 nitrogen and oxygen atoms in total. The van der Waals surface area contributed by atoms with Crippen LogP contribution in [0.1, 0.15) is 30.7 Å². The van der Waals surface area contributed by atoms with Crippen molar-refractivity contribution in [1.82, 2.24) is 9.55 Å². The van der Waals surface area contributed by atoms with Gasteiger partial charge in [0.1, 0.15) is 24.3 Å². The van der Waals surface area contributed by atoms with Crippen LogP contribution in [0, 0.1) is 0 Å². The van der Waals surface area contributed by atoms with Crippen LogP contribution in [0.2, 0.25) is 5.02 Å². The summed E-state index contributed by atoms with van der Waals surface area (Å²) in [5, 5.41) is 11.5. The van der Waals surface area contributed by atoms with E-state index in [0.717, 1.165) is 29.0 Å². The van der Waals surface area contributed by atoms with E-state index in [1.165, 1.54) is 5.56 Å². The lowest BCUT2D eigenvalue weighted by atomic mass is 10.1. The number of amides is 1. The fraction of sp³-hybridized carbons (Fsp3) is 0.286. The second kappa shape index (κ2) is 10.1. The second-order valence-electron chi connectivity index (χ2n) is 8.91. The monoisotopic (exact) mass is 489 g/mol. The number of para-hydroxylation sites is 2. The van der Waals surface area contributed by atoms with Gasteiger partial charge in [-0.2, -0.15) is 0 Å². The van der Waals surface area contributed by atoms with Gasteiger partial charge in [-0.1, -0.05) is 42.8 Å². The highest BCUT2D eigenvalue weighted by molar-refractivity contribution is 6.30. The molecule has 1 amide bonds. The van der Waals surface area contributed by atoms with Crippen molar-refractivity contribution in [2.75, 3.05) is 18.1 Å². The molecular formula is C28H28ClN3O3. The molecule has 2 heterocycles. The molecule has 3 aromatic carbocycles. The number of hydrogen-bond acceptors (Lipinski definition) is 4. The summed E-state index contributed by atoms with van der Waals surface area (Å²) in [4.78, 5) is 19.7. The van der Waals surface area contributed by atoms with Gasteiger partial charge in [0.15, 0.2) is 0 Å². The van der Waals surface area contributed by atoms with Crippen molar-refractivity contribution >= 4 is 34.2 Å². The summed E-state index contributed by atoms with van der Waals surface area (Å²) < 4.78 is 7.79. The lowest BCUT2D eigenvalue weighted by Crippen LogP contribution is -2.26. The summed E-state index contributed by atoms with van der Waals surface area (Å²) in [6, 6.07) is 23.1. The maximum absolute atomic E-state index is 13.0. The van der Waals surface area contributed by atoms with Gasteiger partial charge in [-0.3, -0.25) is 4.79 Å². The first-order chi connectivity index (χ1) is 17.0. The van der Waals surface area contributed by atoms with Crippen molar-refractivity contribution in [2.24, 2.45) is 0 Å². The van der Waals surface area contributed by atoms with E-state index in [9.17, 15) is 9.90 Å². The Bertz CT molecular complexity index is 1320. The highest BCUT2D eigenvalue weighted by Crippen LogP contribution is 2.33. The van der Waals surface area contributed by atoms with Crippen molar-refractivity contribution in [3.8, 4) is 5.75 Å². The van der Waals surface area contributed by atoms with E-state index in [1.54, 1.807) is 24.3 Å². The van der Waals surface area contributed by atoms with Gasteiger partial charge in [0, 0.05) is 29.6 Å². The fourth-order valence-electron chi connectivity index (χ4n) is 4.63. The zero-order valence-corrected chi connectivity index (χ0v) is 20.4. The molecule has 0 spiro atoms. The molecule has 7 heteroatoms. The number of aromatic nitrogens is 2. The largest absolute Gasteiger partial charge is 0.491 e. The standard InChI is InChI=1S/C28H28ClN3O3/c1-2-19-7-11-22(12-8-19)31-16-20(15-27(31)34)28-30-25-5-3-4-6-26(25)32(28)17-23(33)18-35-24-13-9-21(29)10-14-24/h3-14,20,23,33H,2,15-18H2,1H3/t20-,23+/m0/s1. The molecule has 1 fully saturated rings. The molecule has 35 heavy (non-hydrogen) atoms. The highest BCUT2D eigenvalue weighted by Gasteiger charge is 2.35. The third kappa shape index (κ3) is 5.04. The van der Waals surface area contributed by atoms with Gasteiger partial charge in [-0.25, -0.2) is 4.98 Å². The fourth-order valence-corrected chi connectivity index (χ4v) is 4.75. The Hall–Kier alpha value is -3.35. The van der Waals surface area contributed by atoms with Gasteiger partial charge in [-0.05, 0) is 60.5 Å². The molecule has 180 valence electrons. The number of ether oxygens (including phenoxy) is 1. The van der Waals surface area contributed by atoms with E-state index in [4.69, 9.17) is 21.3 Å². The number of aliphatic hydroxyl groups excluding tert-OH is 1. The summed E-state index contributed by atoms with van der Waals surface area (Å²) in [7, 11) is 0. The molecule has 0 saturated carbocycles. The number of hydrogen-bond donors (Lipinski definition) is 1. The molecule has 0 unspecified atom stereocenters. The molecule has 0 radical (unpaired) electrons. The minimum absolute atomic E-state index is 0.0647. The van der Waals surface area contributed by atoms with E-state index < -0.39 is 6.10 Å². The summed E-state index contributed by atoms with van der Waals surface area (Å²) in [5.74, 6) is 1.49. The predicted molar refractivity (Wildman–Crippen MR) is 138 cm³/mol. The topological polar surface area (TPSA) is 67.6 Å². The van der Waals surface area contributed by atoms with E-state index in [2.05, 4.69) is 19.1 Å². The van der Waals surface area contributed by atoms with Crippen LogP contribution in [0.3, 0.4) is 0 Å². The first-order valence-electron chi connectivity index (χ1n) is 11.9. The first kappa shape index (κ1) is 23.4. The van der Waals surface area contributed by atoms with Crippen molar-refractivity contribution in [2.45, 2.75) is 38.3 Å². The molecule has 1 aliphatic heterocycles. The van der Waals surface area contributed by atoms with Crippen LogP contribution < -0.4 is 9.64 Å². The minimum atomic E-state index is -0.753. The summed E-state index contributed by atoms with van der Waals surface area (Å²) in [6.45, 7) is 3.13. The van der Waals surface area contributed by atoms with Crippen LogP contribution in [0.5, 0.6) is 5.75 Å². The number of rotatable bonds is 8. The minimum Gasteiger partial charge on any atom is -0.491 e. The maximum atomic E-state index is 13.0. The average molecular weight is 490 g/mol. The van der Waals surface area contributed by atoms with Crippen LogP contribution in [0.15, 0.2) is 72.8 Å². The smallest absolute Gasteiger partial charge is 0.227 e. The van der Waals surface area contributed by atoms with Crippen molar-refractivity contribution < 1.29 is 14.6 Å². The molecule has 2 atom stereocenters. The van der Waals surface area contributed by atoms with Crippen LogP contribution in [0.25, 0.3) is 11.0 Å². The van der Waals surface area contributed by atoms with Gasteiger partial charge in [0.05, 0.1) is 17.6 Å². The van der Waals surface area contributed by atoms with Crippen LogP contribution >= 0.6 is 11.6 Å². The first-order valence-corrected chi connectivity index (χ1v) is 12.3. The Morgan fingerprint density at radius 1 is 1.09 bits per heavy atom. The van der Waals surface area contributed by atoms with Gasteiger partial charge in [0.25, 0.3) is 0 Å². The number of aryl methyl sites for hydroxylation is 1. The second-order valence-corrected chi connectivity index (χ2v) is 9.35. The zero-order chi connectivity index (χ0) is 24.4. The number of halogens is 1. The van der Waals surface area contributed by atoms with Gasteiger partial charge in [-0.15, -0.1) is 0 Å². The van der Waals surface area contributed by atoms with E-state index in [1.807, 2.05) is 45.9 Å². The number of anilines is 1. The molecule has 5 rings (SSSR count). The maximum Gasteiger partial charge on any atom is 0.227 e.